The summed E-state index contributed by atoms with van der Waals surface area (Å²) in [6.45, 7) is 3.91. The minimum atomic E-state index is -4.08. The number of amides is 1. The summed E-state index contributed by atoms with van der Waals surface area (Å²) in [4.78, 5) is 15.7. The molecular weight excluding hydrogens is 613 g/mol. The van der Waals surface area contributed by atoms with E-state index in [0.29, 0.717) is 31.6 Å². The maximum absolute atomic E-state index is 14.1. The third-order valence-corrected chi connectivity index (χ3v) is 11.3. The van der Waals surface area contributed by atoms with Crippen molar-refractivity contribution < 1.29 is 26.4 Å². The number of fused-ring (bicyclic) bond motifs is 2. The first-order valence-corrected chi connectivity index (χ1v) is 16.6. The molecule has 240 valence electrons. The molecule has 3 N–H and O–H groups in total. The van der Waals surface area contributed by atoms with Crippen LogP contribution in [0, 0.1) is 5.82 Å². The van der Waals surface area contributed by atoms with E-state index >= 15 is 0 Å². The van der Waals surface area contributed by atoms with Crippen LogP contribution in [0.4, 0.5) is 18.9 Å². The summed E-state index contributed by atoms with van der Waals surface area (Å²) in [6, 6.07) is 21.5. The molecule has 11 heteroatoms. The Morgan fingerprint density at radius 1 is 0.957 bits per heavy atom. The van der Waals surface area contributed by atoms with Crippen molar-refractivity contribution in [3.05, 3.63) is 131 Å². The number of alkyl halides is 2. The van der Waals surface area contributed by atoms with Crippen molar-refractivity contribution in [1.29, 1.82) is 0 Å². The highest BCUT2D eigenvalue weighted by Crippen LogP contribution is 2.53. The van der Waals surface area contributed by atoms with Gasteiger partial charge in [-0.1, -0.05) is 54.6 Å². The minimum Gasteiger partial charge on any atom is -0.348 e. The van der Waals surface area contributed by atoms with E-state index < -0.39 is 39.3 Å². The molecule has 0 aromatic heterocycles. The van der Waals surface area contributed by atoms with Crippen molar-refractivity contribution in [2.45, 2.75) is 55.3 Å². The number of nitrogens with one attached hydrogen (secondary N) is 1. The van der Waals surface area contributed by atoms with Gasteiger partial charge in [0.05, 0.1) is 16.6 Å². The Labute approximate surface area is 266 Å². The number of sulfonamides is 1. The summed E-state index contributed by atoms with van der Waals surface area (Å²) >= 11 is 0. The first-order chi connectivity index (χ1) is 21.9. The van der Waals surface area contributed by atoms with Crippen molar-refractivity contribution in [3.8, 4) is 0 Å². The monoisotopic (exact) mass is 648 g/mol. The molecule has 2 aliphatic rings. The molecule has 0 radical (unpaired) electrons. The second kappa shape index (κ2) is 12.2. The third kappa shape index (κ3) is 5.90. The summed E-state index contributed by atoms with van der Waals surface area (Å²) in [7, 11) is -4.08. The van der Waals surface area contributed by atoms with Crippen LogP contribution in [0.3, 0.4) is 0 Å². The number of carbonyl (C=O) groups is 1. The molecule has 2 heterocycles. The standard InChI is InChI=1S/C35H35F3N4O3S/c1-24-34(17-19-41(20-18-34)23-25-7-3-2-4-8-25)31-21-26(33(43)40-22-27-9-5-6-10-30(27)35(37,38)39)11-16-32(31)42(24)46(44,45)29-14-12-28(36)13-15-29/h2-16,21,24H,17-20,22-23,39H2,1H3,(H,40,43). The minimum absolute atomic E-state index is 0.0255. The van der Waals surface area contributed by atoms with Crippen LogP contribution < -0.4 is 15.4 Å². The van der Waals surface area contributed by atoms with E-state index in [9.17, 15) is 26.4 Å². The fraction of sp³-hybridized carbons (Fsp3) is 0.286. The maximum Gasteiger partial charge on any atom is 0.327 e. The van der Waals surface area contributed by atoms with Crippen LogP contribution in [-0.2, 0) is 34.6 Å². The zero-order valence-corrected chi connectivity index (χ0v) is 26.1. The molecule has 0 aliphatic carbocycles. The molecule has 1 saturated heterocycles. The van der Waals surface area contributed by atoms with Gasteiger partial charge in [0, 0.05) is 29.6 Å². The molecule has 7 nitrogen and oxygen atoms in total. The van der Waals surface area contributed by atoms with Gasteiger partial charge in [-0.05, 0) is 92.0 Å². The van der Waals surface area contributed by atoms with Gasteiger partial charge in [0.15, 0.2) is 0 Å². The van der Waals surface area contributed by atoms with Crippen LogP contribution in [0.15, 0.2) is 102 Å². The van der Waals surface area contributed by atoms with Gasteiger partial charge in [-0.25, -0.2) is 12.8 Å². The lowest BCUT2D eigenvalue weighted by Crippen LogP contribution is -2.51. The van der Waals surface area contributed by atoms with Crippen molar-refractivity contribution in [2.24, 2.45) is 5.73 Å². The summed E-state index contributed by atoms with van der Waals surface area (Å²) in [5.74, 6) is -1.02. The number of nitrogens with zero attached hydrogens (tertiary/aromatic N) is 2. The van der Waals surface area contributed by atoms with Gasteiger partial charge in [0.2, 0.25) is 0 Å². The molecule has 2 aliphatic heterocycles. The topological polar surface area (TPSA) is 95.7 Å². The molecule has 1 unspecified atom stereocenters. The number of anilines is 1. The number of halogens is 3. The predicted molar refractivity (Wildman–Crippen MR) is 170 cm³/mol. The maximum atomic E-state index is 14.1. The molecule has 4 aromatic carbocycles. The SMILES string of the molecule is CC1N(S(=O)(=O)c2ccc(F)cc2)c2ccc(C(=O)NCc3ccccc3C(N)(F)F)cc2C12CCN(Cc1ccccc1)CC2. The highest BCUT2D eigenvalue weighted by atomic mass is 32.2. The average molecular weight is 649 g/mol. The van der Waals surface area contributed by atoms with Crippen LogP contribution in [0.2, 0.25) is 0 Å². The van der Waals surface area contributed by atoms with Crippen molar-refractivity contribution in [2.75, 3.05) is 17.4 Å². The number of rotatable bonds is 8. The predicted octanol–water partition coefficient (Wildman–Crippen LogP) is 5.89. The second-order valence-electron chi connectivity index (χ2n) is 12.0. The van der Waals surface area contributed by atoms with Crippen LogP contribution in [0.1, 0.15) is 52.4 Å². The summed E-state index contributed by atoms with van der Waals surface area (Å²) in [6.07, 6.45) is 1.29. The van der Waals surface area contributed by atoms with E-state index in [1.807, 2.05) is 25.1 Å². The van der Waals surface area contributed by atoms with Crippen LogP contribution in [0.5, 0.6) is 0 Å². The lowest BCUT2D eigenvalue weighted by Gasteiger charge is -2.43. The van der Waals surface area contributed by atoms with E-state index in [2.05, 4.69) is 22.3 Å². The van der Waals surface area contributed by atoms with Gasteiger partial charge < -0.3 is 5.32 Å². The smallest absolute Gasteiger partial charge is 0.327 e. The fourth-order valence-corrected chi connectivity index (χ4v) is 8.64. The quantitative estimate of drug-likeness (QED) is 0.232. The molecule has 0 bridgehead atoms. The Hall–Kier alpha value is -4.19. The molecule has 1 spiro atoms. The van der Waals surface area contributed by atoms with E-state index in [0.717, 1.165) is 24.2 Å². The van der Waals surface area contributed by atoms with E-state index in [1.54, 1.807) is 24.3 Å². The molecule has 1 fully saturated rings. The number of hydrogen-bond donors (Lipinski definition) is 2. The van der Waals surface area contributed by atoms with Crippen molar-refractivity contribution in [1.82, 2.24) is 10.2 Å². The van der Waals surface area contributed by atoms with Crippen molar-refractivity contribution >= 4 is 21.6 Å². The highest BCUT2D eigenvalue weighted by molar-refractivity contribution is 7.92. The molecule has 4 aromatic rings. The van der Waals surface area contributed by atoms with Gasteiger partial charge in [-0.15, -0.1) is 0 Å². The number of nitrogens with two attached hydrogens (primary N) is 1. The average Bonchev–Trinajstić information content (AvgIpc) is 3.28. The molecule has 46 heavy (non-hydrogen) atoms. The van der Waals surface area contributed by atoms with Gasteiger partial charge in [0.25, 0.3) is 15.9 Å². The highest BCUT2D eigenvalue weighted by Gasteiger charge is 2.53. The first kappa shape index (κ1) is 31.8. The van der Waals surface area contributed by atoms with Crippen molar-refractivity contribution in [3.63, 3.8) is 0 Å². The Morgan fingerprint density at radius 2 is 1.61 bits per heavy atom. The van der Waals surface area contributed by atoms with Gasteiger partial charge in [-0.2, -0.15) is 8.78 Å². The Bertz CT molecular complexity index is 1840. The summed E-state index contributed by atoms with van der Waals surface area (Å²) in [5, 5.41) is 2.73. The number of likely N-dealkylation sites (tertiary alicyclic amines) is 1. The Morgan fingerprint density at radius 3 is 2.28 bits per heavy atom. The van der Waals surface area contributed by atoms with E-state index in [-0.39, 0.29) is 28.1 Å². The molecule has 1 atom stereocenters. The number of hydrogen-bond acceptors (Lipinski definition) is 5. The van der Waals surface area contributed by atoms with Gasteiger partial charge in [-0.3, -0.25) is 19.7 Å². The number of benzene rings is 4. The Balaban J connectivity index is 1.33. The number of piperidine rings is 1. The molecule has 0 saturated carbocycles. The van der Waals surface area contributed by atoms with Gasteiger partial charge in [0.1, 0.15) is 5.82 Å². The van der Waals surface area contributed by atoms with Crippen LogP contribution in [-0.4, -0.2) is 38.4 Å². The first-order valence-electron chi connectivity index (χ1n) is 15.1. The Kier molecular flexibility index (Phi) is 8.43. The van der Waals surface area contributed by atoms with Gasteiger partial charge >= 0.3 is 6.05 Å². The molecule has 6 rings (SSSR count). The molecular formula is C35H35F3N4O3S. The number of carbonyl (C=O) groups excluding carboxylic acids is 1. The van der Waals surface area contributed by atoms with E-state index in [1.165, 1.54) is 40.2 Å². The lowest BCUT2D eigenvalue weighted by molar-refractivity contribution is 0.00195. The van der Waals surface area contributed by atoms with Crippen LogP contribution >= 0.6 is 0 Å². The van der Waals surface area contributed by atoms with E-state index in [4.69, 9.17) is 5.73 Å². The normalized spacial score (nSPS) is 18.0. The molecule has 1 amide bonds. The largest absolute Gasteiger partial charge is 0.348 e. The summed E-state index contributed by atoms with van der Waals surface area (Å²) in [5.41, 5.74) is 6.96. The third-order valence-electron chi connectivity index (χ3n) is 9.37. The zero-order chi connectivity index (χ0) is 32.7. The second-order valence-corrected chi connectivity index (χ2v) is 13.9. The fourth-order valence-electron chi connectivity index (χ4n) is 6.90. The summed E-state index contributed by atoms with van der Waals surface area (Å²) < 4.78 is 71.2. The lowest BCUT2D eigenvalue weighted by atomic mass is 9.70. The zero-order valence-electron chi connectivity index (χ0n) is 25.3. The van der Waals surface area contributed by atoms with Crippen LogP contribution in [0.25, 0.3) is 0 Å².